The quantitative estimate of drug-likeness (QED) is 0.533. The molecule has 0 atom stereocenters. The van der Waals surface area contributed by atoms with Gasteiger partial charge in [0.2, 0.25) is 0 Å². The molecule has 0 amide bonds. The van der Waals surface area contributed by atoms with E-state index in [1.807, 2.05) is 13.8 Å². The fourth-order valence-corrected chi connectivity index (χ4v) is 2.43. The van der Waals surface area contributed by atoms with Gasteiger partial charge in [-0.15, -0.1) is 0 Å². The Kier molecular flexibility index (Phi) is 3.71. The van der Waals surface area contributed by atoms with Crippen LogP contribution in [-0.2, 0) is 0 Å². The summed E-state index contributed by atoms with van der Waals surface area (Å²) < 4.78 is 0. The van der Waals surface area contributed by atoms with Crippen molar-refractivity contribution < 1.29 is 0 Å². The van der Waals surface area contributed by atoms with Crippen LogP contribution in [0.15, 0.2) is 0 Å². The second kappa shape index (κ2) is 5.10. The van der Waals surface area contributed by atoms with Crippen LogP contribution in [0.4, 0.5) is 11.6 Å². The Hall–Kier alpha value is -1.36. The molecule has 4 N–H and O–H groups in total. The molecule has 1 heterocycles. The van der Waals surface area contributed by atoms with Crippen molar-refractivity contribution in [2.24, 2.45) is 11.3 Å². The molecule has 0 radical (unpaired) electrons. The number of nitrogens with two attached hydrogens (primary N) is 1. The minimum atomic E-state index is 0.510. The third kappa shape index (κ3) is 2.72. The smallest absolute Gasteiger partial charge is 0.148 e. The highest BCUT2D eigenvalue weighted by molar-refractivity contribution is 5.56. The molecular formula is C13H23N5. The van der Waals surface area contributed by atoms with Crippen molar-refractivity contribution in [3.8, 4) is 0 Å². The average molecular weight is 249 g/mol. The van der Waals surface area contributed by atoms with Crippen LogP contribution in [0.5, 0.6) is 0 Å². The van der Waals surface area contributed by atoms with Crippen molar-refractivity contribution in [3.05, 3.63) is 11.4 Å². The number of hydrogen-bond acceptors (Lipinski definition) is 5. The molecule has 1 aromatic rings. The summed E-state index contributed by atoms with van der Waals surface area (Å²) in [7, 11) is 0. The lowest BCUT2D eigenvalue weighted by Gasteiger charge is -2.17. The van der Waals surface area contributed by atoms with E-state index in [1.54, 1.807) is 0 Å². The van der Waals surface area contributed by atoms with E-state index in [9.17, 15) is 0 Å². The first kappa shape index (κ1) is 13.1. The van der Waals surface area contributed by atoms with Crippen LogP contribution < -0.4 is 16.6 Å². The molecule has 5 heteroatoms. The maximum Gasteiger partial charge on any atom is 0.148 e. The number of aromatic nitrogens is 2. The molecule has 1 aliphatic carbocycles. The summed E-state index contributed by atoms with van der Waals surface area (Å²) in [5.41, 5.74) is 4.12. The largest absolute Gasteiger partial charge is 0.369 e. The Morgan fingerprint density at radius 2 is 1.89 bits per heavy atom. The lowest BCUT2D eigenvalue weighted by atomic mass is 10.0. The van der Waals surface area contributed by atoms with E-state index in [0.717, 1.165) is 23.8 Å². The minimum absolute atomic E-state index is 0.510. The Balaban J connectivity index is 2.07. The van der Waals surface area contributed by atoms with E-state index < -0.39 is 0 Å². The highest BCUT2D eigenvalue weighted by Crippen LogP contribution is 2.49. The number of hydrazine groups is 1. The molecule has 0 bridgehead atoms. The first-order valence-corrected chi connectivity index (χ1v) is 6.66. The van der Waals surface area contributed by atoms with Crippen molar-refractivity contribution >= 4 is 11.6 Å². The van der Waals surface area contributed by atoms with Gasteiger partial charge in [0.05, 0.1) is 0 Å². The molecule has 0 unspecified atom stereocenters. The van der Waals surface area contributed by atoms with Crippen molar-refractivity contribution in [2.45, 2.75) is 46.5 Å². The van der Waals surface area contributed by atoms with Gasteiger partial charge in [0.1, 0.15) is 17.5 Å². The highest BCUT2D eigenvalue weighted by Gasteiger charge is 2.41. The van der Waals surface area contributed by atoms with Crippen LogP contribution in [0.2, 0.25) is 0 Å². The zero-order valence-electron chi connectivity index (χ0n) is 11.5. The maximum absolute atomic E-state index is 5.46. The molecule has 5 nitrogen and oxygen atoms in total. The topological polar surface area (TPSA) is 75.9 Å². The fourth-order valence-electron chi connectivity index (χ4n) is 2.43. The van der Waals surface area contributed by atoms with Crippen LogP contribution in [0, 0.1) is 19.3 Å². The van der Waals surface area contributed by atoms with Crippen molar-refractivity contribution in [1.82, 2.24) is 9.97 Å². The molecule has 1 saturated carbocycles. The van der Waals surface area contributed by atoms with Gasteiger partial charge in [0.15, 0.2) is 0 Å². The highest BCUT2D eigenvalue weighted by atomic mass is 15.3. The monoisotopic (exact) mass is 249 g/mol. The van der Waals surface area contributed by atoms with Gasteiger partial charge >= 0.3 is 0 Å². The van der Waals surface area contributed by atoms with E-state index in [1.165, 1.54) is 25.7 Å². The molecule has 1 fully saturated rings. The molecule has 0 aromatic carbocycles. The number of nitrogens with zero attached hydrogens (tertiary/aromatic N) is 2. The van der Waals surface area contributed by atoms with Crippen LogP contribution in [0.3, 0.4) is 0 Å². The van der Waals surface area contributed by atoms with Gasteiger partial charge in [-0.25, -0.2) is 15.8 Å². The zero-order chi connectivity index (χ0) is 13.2. The summed E-state index contributed by atoms with van der Waals surface area (Å²) in [6.45, 7) is 7.11. The molecule has 18 heavy (non-hydrogen) atoms. The van der Waals surface area contributed by atoms with Gasteiger partial charge in [-0.3, -0.25) is 0 Å². The Morgan fingerprint density at radius 3 is 2.44 bits per heavy atom. The maximum atomic E-state index is 5.46. The van der Waals surface area contributed by atoms with Gasteiger partial charge < -0.3 is 10.7 Å². The predicted octanol–water partition coefficient (Wildman–Crippen LogP) is 2.37. The van der Waals surface area contributed by atoms with Crippen LogP contribution >= 0.6 is 0 Å². The van der Waals surface area contributed by atoms with Crippen LogP contribution in [-0.4, -0.2) is 16.5 Å². The molecular weight excluding hydrogens is 226 g/mol. The average Bonchev–Trinajstić information content (AvgIpc) is 3.10. The molecule has 1 aliphatic rings. The van der Waals surface area contributed by atoms with Crippen molar-refractivity contribution in [2.75, 3.05) is 17.3 Å². The van der Waals surface area contributed by atoms with Gasteiger partial charge in [0, 0.05) is 12.1 Å². The minimum Gasteiger partial charge on any atom is -0.369 e. The Morgan fingerprint density at radius 1 is 1.22 bits per heavy atom. The third-order valence-corrected chi connectivity index (χ3v) is 3.76. The van der Waals surface area contributed by atoms with Gasteiger partial charge in [-0.2, -0.15) is 0 Å². The van der Waals surface area contributed by atoms with Crippen LogP contribution in [0.25, 0.3) is 0 Å². The fraction of sp³-hybridized carbons (Fsp3) is 0.692. The SMILES string of the molecule is CCCC1(CNc2nc(C)nc(NN)c2C)CC1. The number of rotatable bonds is 6. The first-order valence-electron chi connectivity index (χ1n) is 6.66. The van der Waals surface area contributed by atoms with E-state index in [2.05, 4.69) is 27.6 Å². The van der Waals surface area contributed by atoms with E-state index in [0.29, 0.717) is 11.2 Å². The van der Waals surface area contributed by atoms with E-state index in [-0.39, 0.29) is 0 Å². The van der Waals surface area contributed by atoms with Crippen molar-refractivity contribution in [3.63, 3.8) is 0 Å². The summed E-state index contributed by atoms with van der Waals surface area (Å²) in [5, 5.41) is 3.47. The number of anilines is 2. The van der Waals surface area contributed by atoms with Gasteiger partial charge in [0.25, 0.3) is 0 Å². The number of nitrogens with one attached hydrogen (secondary N) is 2. The first-order chi connectivity index (χ1) is 8.60. The summed E-state index contributed by atoms with van der Waals surface area (Å²) in [6, 6.07) is 0. The summed E-state index contributed by atoms with van der Waals surface area (Å²) in [5.74, 6) is 7.80. The predicted molar refractivity (Wildman–Crippen MR) is 74.4 cm³/mol. The molecule has 0 spiro atoms. The summed E-state index contributed by atoms with van der Waals surface area (Å²) >= 11 is 0. The lowest BCUT2D eigenvalue weighted by Crippen LogP contribution is -2.19. The molecule has 1 aromatic heterocycles. The molecule has 0 saturated heterocycles. The number of nitrogen functional groups attached to an aromatic ring is 1. The van der Waals surface area contributed by atoms with Gasteiger partial charge in [-0.1, -0.05) is 13.3 Å². The van der Waals surface area contributed by atoms with Crippen LogP contribution in [0.1, 0.15) is 44.0 Å². The lowest BCUT2D eigenvalue weighted by molar-refractivity contribution is 0.485. The second-order valence-corrected chi connectivity index (χ2v) is 5.34. The van der Waals surface area contributed by atoms with E-state index in [4.69, 9.17) is 5.84 Å². The van der Waals surface area contributed by atoms with Crippen molar-refractivity contribution in [1.29, 1.82) is 0 Å². The molecule has 0 aliphatic heterocycles. The standard InChI is InChI=1S/C13H23N5/c1-4-5-13(6-7-13)8-15-11-9(2)12(18-14)17-10(3)16-11/h4-8,14H2,1-3H3,(H2,15,16,17,18). The number of aryl methyl sites for hydroxylation is 1. The summed E-state index contributed by atoms with van der Waals surface area (Å²) in [4.78, 5) is 8.72. The Bertz CT molecular complexity index is 426. The van der Waals surface area contributed by atoms with Gasteiger partial charge in [-0.05, 0) is 38.5 Å². The zero-order valence-corrected chi connectivity index (χ0v) is 11.5. The second-order valence-electron chi connectivity index (χ2n) is 5.34. The normalized spacial score (nSPS) is 16.4. The molecule has 2 rings (SSSR count). The third-order valence-electron chi connectivity index (χ3n) is 3.76. The molecule has 100 valence electrons. The Labute approximate surface area is 109 Å². The summed E-state index contributed by atoms with van der Waals surface area (Å²) in [6.07, 6.45) is 5.21. The number of hydrogen-bond donors (Lipinski definition) is 3. The van der Waals surface area contributed by atoms with E-state index >= 15 is 0 Å².